The maximum Gasteiger partial charge on any atom is 0.334 e. The Morgan fingerprint density at radius 2 is 2.06 bits per heavy atom. The van der Waals surface area contributed by atoms with E-state index >= 15 is 0 Å². The minimum absolute atomic E-state index is 0.314. The second-order valence-electron chi connectivity index (χ2n) is 3.59. The molecule has 1 heterocycles. The average molecular weight is 250 g/mol. The van der Waals surface area contributed by atoms with Crippen LogP contribution in [0.25, 0.3) is 11.0 Å². The van der Waals surface area contributed by atoms with Crippen molar-refractivity contribution < 1.29 is 19.8 Å². The standard InChI is InChI=1S/C10H10N4O4/c15-8(10(17)18)4-11-9(16)5-1-2-6-7(3-5)13-14-12-6/h1-3,8,15H,4H2,(H,11,16)(H,17,18)(H,12,13,14)/t8-/m0/s1. The molecule has 0 aliphatic rings. The molecular weight excluding hydrogens is 240 g/mol. The van der Waals surface area contributed by atoms with Gasteiger partial charge in [0.2, 0.25) is 0 Å². The summed E-state index contributed by atoms with van der Waals surface area (Å²) in [4.78, 5) is 22.0. The van der Waals surface area contributed by atoms with Crippen LogP contribution in [0.5, 0.6) is 0 Å². The lowest BCUT2D eigenvalue weighted by atomic mass is 10.2. The second-order valence-corrected chi connectivity index (χ2v) is 3.59. The first-order valence-corrected chi connectivity index (χ1v) is 5.07. The van der Waals surface area contributed by atoms with Crippen molar-refractivity contribution in [1.82, 2.24) is 20.7 Å². The third-order valence-corrected chi connectivity index (χ3v) is 2.32. The molecular formula is C10H10N4O4. The molecule has 0 aliphatic carbocycles. The zero-order chi connectivity index (χ0) is 13.1. The summed E-state index contributed by atoms with van der Waals surface area (Å²) < 4.78 is 0. The summed E-state index contributed by atoms with van der Waals surface area (Å²) in [5.74, 6) is -1.87. The normalized spacial score (nSPS) is 12.3. The molecule has 0 aliphatic heterocycles. The van der Waals surface area contributed by atoms with Crippen molar-refractivity contribution in [1.29, 1.82) is 0 Å². The van der Waals surface area contributed by atoms with Gasteiger partial charge in [0.25, 0.3) is 5.91 Å². The van der Waals surface area contributed by atoms with E-state index in [9.17, 15) is 9.59 Å². The van der Waals surface area contributed by atoms with E-state index < -0.39 is 18.0 Å². The van der Waals surface area contributed by atoms with Gasteiger partial charge in [-0.15, -0.1) is 0 Å². The molecule has 0 unspecified atom stereocenters. The zero-order valence-electron chi connectivity index (χ0n) is 9.12. The van der Waals surface area contributed by atoms with Gasteiger partial charge < -0.3 is 15.5 Å². The number of H-pyrrole nitrogens is 1. The Labute approximate surface area is 101 Å². The van der Waals surface area contributed by atoms with E-state index in [0.717, 1.165) is 0 Å². The van der Waals surface area contributed by atoms with Crippen LogP contribution in [0, 0.1) is 0 Å². The Kier molecular flexibility index (Phi) is 3.20. The Morgan fingerprint density at radius 3 is 2.78 bits per heavy atom. The Hall–Kier alpha value is -2.48. The highest BCUT2D eigenvalue weighted by Gasteiger charge is 2.15. The van der Waals surface area contributed by atoms with Gasteiger partial charge in [0, 0.05) is 5.56 Å². The van der Waals surface area contributed by atoms with Gasteiger partial charge in [0.1, 0.15) is 11.0 Å². The molecule has 0 bridgehead atoms. The molecule has 0 spiro atoms. The van der Waals surface area contributed by atoms with Crippen LogP contribution < -0.4 is 5.32 Å². The maximum absolute atomic E-state index is 11.7. The minimum Gasteiger partial charge on any atom is -0.479 e. The van der Waals surface area contributed by atoms with Crippen molar-refractivity contribution in [3.8, 4) is 0 Å². The third kappa shape index (κ3) is 2.43. The Morgan fingerprint density at radius 1 is 1.33 bits per heavy atom. The van der Waals surface area contributed by atoms with Crippen molar-refractivity contribution in [2.45, 2.75) is 6.10 Å². The van der Waals surface area contributed by atoms with E-state index in [1.807, 2.05) is 0 Å². The number of aliphatic hydroxyl groups excluding tert-OH is 1. The zero-order valence-corrected chi connectivity index (χ0v) is 9.12. The Bertz CT molecular complexity index is 594. The number of rotatable bonds is 4. The number of nitrogens with one attached hydrogen (secondary N) is 2. The van der Waals surface area contributed by atoms with E-state index in [-0.39, 0.29) is 6.54 Å². The molecule has 2 aromatic rings. The summed E-state index contributed by atoms with van der Waals surface area (Å²) >= 11 is 0. The number of carbonyl (C=O) groups is 2. The van der Waals surface area contributed by atoms with Gasteiger partial charge in [-0.05, 0) is 18.2 Å². The highest BCUT2D eigenvalue weighted by atomic mass is 16.4. The number of amides is 1. The molecule has 8 nitrogen and oxygen atoms in total. The van der Waals surface area contributed by atoms with Crippen LogP contribution in [0.1, 0.15) is 10.4 Å². The topological polar surface area (TPSA) is 128 Å². The number of aliphatic carboxylic acids is 1. The Balaban J connectivity index is 2.06. The number of hydrogen-bond donors (Lipinski definition) is 4. The quantitative estimate of drug-likeness (QED) is 0.558. The molecule has 0 saturated heterocycles. The summed E-state index contributed by atoms with van der Waals surface area (Å²) in [5.41, 5.74) is 1.47. The number of carboxylic acids is 1. The number of nitrogens with zero attached hydrogens (tertiary/aromatic N) is 2. The van der Waals surface area contributed by atoms with Crippen LogP contribution in [0.2, 0.25) is 0 Å². The van der Waals surface area contributed by atoms with Crippen molar-refractivity contribution in [3.63, 3.8) is 0 Å². The number of aliphatic hydroxyl groups is 1. The number of carbonyl (C=O) groups excluding carboxylic acids is 1. The first-order chi connectivity index (χ1) is 8.58. The van der Waals surface area contributed by atoms with Gasteiger partial charge in [-0.25, -0.2) is 4.79 Å². The molecule has 0 saturated carbocycles. The fourth-order valence-corrected chi connectivity index (χ4v) is 1.36. The molecule has 0 fully saturated rings. The summed E-state index contributed by atoms with van der Waals surface area (Å²) in [6, 6.07) is 4.66. The van der Waals surface area contributed by atoms with Crippen molar-refractivity contribution in [2.75, 3.05) is 6.54 Å². The van der Waals surface area contributed by atoms with Gasteiger partial charge in [-0.2, -0.15) is 15.4 Å². The molecule has 2 rings (SSSR count). The van der Waals surface area contributed by atoms with Crippen LogP contribution in [-0.2, 0) is 4.79 Å². The van der Waals surface area contributed by atoms with E-state index in [2.05, 4.69) is 20.7 Å². The fraction of sp³-hybridized carbons (Fsp3) is 0.200. The lowest BCUT2D eigenvalue weighted by Crippen LogP contribution is -2.36. The predicted octanol–water partition coefficient (Wildman–Crippen LogP) is -0.867. The van der Waals surface area contributed by atoms with Gasteiger partial charge in [0.05, 0.1) is 6.54 Å². The van der Waals surface area contributed by atoms with Crippen molar-refractivity contribution in [3.05, 3.63) is 23.8 Å². The first kappa shape index (κ1) is 12.0. The lowest BCUT2D eigenvalue weighted by Gasteiger charge is -2.07. The smallest absolute Gasteiger partial charge is 0.334 e. The van der Waals surface area contributed by atoms with Crippen LogP contribution in [0.15, 0.2) is 18.2 Å². The number of benzene rings is 1. The number of fused-ring (bicyclic) bond motifs is 1. The molecule has 4 N–H and O–H groups in total. The van der Waals surface area contributed by atoms with Crippen molar-refractivity contribution >= 4 is 22.9 Å². The number of aromatic amines is 1. The van der Waals surface area contributed by atoms with Crippen LogP contribution in [0.3, 0.4) is 0 Å². The SMILES string of the molecule is O=C(NC[C@H](O)C(=O)O)c1ccc2n[nH]nc2c1. The number of aromatic nitrogens is 3. The largest absolute Gasteiger partial charge is 0.479 e. The average Bonchev–Trinajstić information content (AvgIpc) is 2.82. The van der Waals surface area contributed by atoms with Gasteiger partial charge >= 0.3 is 5.97 Å². The highest BCUT2D eigenvalue weighted by Crippen LogP contribution is 2.10. The second kappa shape index (κ2) is 4.80. The van der Waals surface area contributed by atoms with Gasteiger partial charge in [-0.3, -0.25) is 4.79 Å². The monoisotopic (exact) mass is 250 g/mol. The third-order valence-electron chi connectivity index (χ3n) is 2.32. The maximum atomic E-state index is 11.7. The molecule has 1 atom stereocenters. The minimum atomic E-state index is -1.62. The lowest BCUT2D eigenvalue weighted by molar-refractivity contribution is -0.146. The fourth-order valence-electron chi connectivity index (χ4n) is 1.36. The molecule has 8 heteroatoms. The summed E-state index contributed by atoms with van der Waals surface area (Å²) in [7, 11) is 0. The molecule has 1 aromatic heterocycles. The molecule has 18 heavy (non-hydrogen) atoms. The molecule has 94 valence electrons. The molecule has 1 aromatic carbocycles. The molecule has 1 amide bonds. The number of hydrogen-bond acceptors (Lipinski definition) is 5. The van der Waals surface area contributed by atoms with E-state index in [1.165, 1.54) is 12.1 Å². The predicted molar refractivity (Wildman–Crippen MR) is 59.9 cm³/mol. The highest BCUT2D eigenvalue weighted by molar-refractivity contribution is 5.97. The summed E-state index contributed by atoms with van der Waals surface area (Å²) in [6.45, 7) is -0.356. The van der Waals surface area contributed by atoms with Crippen molar-refractivity contribution in [2.24, 2.45) is 0 Å². The van der Waals surface area contributed by atoms with Gasteiger partial charge in [-0.1, -0.05) is 0 Å². The summed E-state index contributed by atoms with van der Waals surface area (Å²) in [6.07, 6.45) is -1.62. The molecule has 0 radical (unpaired) electrons. The summed E-state index contributed by atoms with van der Waals surface area (Å²) in [5, 5.41) is 29.9. The van der Waals surface area contributed by atoms with Gasteiger partial charge in [0.15, 0.2) is 6.10 Å². The van der Waals surface area contributed by atoms with E-state index in [0.29, 0.717) is 16.6 Å². The first-order valence-electron chi connectivity index (χ1n) is 5.07. The van der Waals surface area contributed by atoms with Crippen LogP contribution in [0.4, 0.5) is 0 Å². The van der Waals surface area contributed by atoms with Crippen LogP contribution in [-0.4, -0.2) is 50.1 Å². The van der Waals surface area contributed by atoms with E-state index in [1.54, 1.807) is 6.07 Å². The van der Waals surface area contributed by atoms with E-state index in [4.69, 9.17) is 10.2 Å². The van der Waals surface area contributed by atoms with Crippen LogP contribution >= 0.6 is 0 Å². The number of carboxylic acid groups (broad SMARTS) is 1.